The van der Waals surface area contributed by atoms with Gasteiger partial charge in [0.05, 0.1) is 17.1 Å². The zero-order chi connectivity index (χ0) is 31.5. The third-order valence-corrected chi connectivity index (χ3v) is 9.74. The first-order valence-corrected chi connectivity index (χ1v) is 16.8. The highest BCUT2D eigenvalue weighted by atomic mass is 32.2. The molecule has 9 heteroatoms. The zero-order valence-electron chi connectivity index (χ0n) is 26.0. The molecule has 2 aliphatic heterocycles. The molecular formula is C36H39N5O3S. The molecule has 6 rings (SSSR count). The third kappa shape index (κ3) is 6.35. The summed E-state index contributed by atoms with van der Waals surface area (Å²) < 4.78 is 1.92. The van der Waals surface area contributed by atoms with E-state index in [9.17, 15) is 14.4 Å². The Morgan fingerprint density at radius 2 is 1.53 bits per heavy atom. The molecule has 0 spiro atoms. The van der Waals surface area contributed by atoms with Gasteiger partial charge in [-0.15, -0.1) is 11.8 Å². The van der Waals surface area contributed by atoms with Crippen molar-refractivity contribution in [3.63, 3.8) is 0 Å². The summed E-state index contributed by atoms with van der Waals surface area (Å²) >= 11 is 1.57. The fourth-order valence-corrected chi connectivity index (χ4v) is 7.25. The predicted octanol–water partition coefficient (Wildman–Crippen LogP) is 6.54. The highest BCUT2D eigenvalue weighted by molar-refractivity contribution is 7.98. The van der Waals surface area contributed by atoms with Crippen LogP contribution in [0.1, 0.15) is 52.6 Å². The molecule has 2 atom stereocenters. The maximum atomic E-state index is 13.6. The molecule has 4 aromatic rings. The van der Waals surface area contributed by atoms with Crippen molar-refractivity contribution in [2.75, 3.05) is 52.9 Å². The first-order chi connectivity index (χ1) is 21.9. The molecule has 45 heavy (non-hydrogen) atoms. The number of amides is 2. The fraction of sp³-hybridized carbons (Fsp3) is 0.306. The van der Waals surface area contributed by atoms with Crippen LogP contribution < -0.4 is 26.0 Å². The Balaban J connectivity index is 1.31. The van der Waals surface area contributed by atoms with E-state index in [1.165, 1.54) is 0 Å². The second-order valence-corrected chi connectivity index (χ2v) is 12.5. The Bertz CT molecular complexity index is 1770. The fourth-order valence-electron chi connectivity index (χ4n) is 6.70. The van der Waals surface area contributed by atoms with Gasteiger partial charge in [-0.1, -0.05) is 18.2 Å². The minimum atomic E-state index is -0.244. The summed E-state index contributed by atoms with van der Waals surface area (Å²) in [5.41, 5.74) is 5.38. The van der Waals surface area contributed by atoms with Gasteiger partial charge in [-0.25, -0.2) is 0 Å². The Morgan fingerprint density at radius 1 is 0.822 bits per heavy atom. The Morgan fingerprint density at radius 3 is 2.29 bits per heavy atom. The normalized spacial score (nSPS) is 16.9. The van der Waals surface area contributed by atoms with E-state index in [1.807, 2.05) is 77.6 Å². The minimum absolute atomic E-state index is 0.0500. The summed E-state index contributed by atoms with van der Waals surface area (Å²) in [5, 5.41) is 6.19. The Kier molecular flexibility index (Phi) is 8.98. The smallest absolute Gasteiger partial charge is 0.255 e. The maximum absolute atomic E-state index is 13.6. The van der Waals surface area contributed by atoms with Gasteiger partial charge in [0.2, 0.25) is 0 Å². The van der Waals surface area contributed by atoms with Crippen LogP contribution in [0.15, 0.2) is 94.6 Å². The summed E-state index contributed by atoms with van der Waals surface area (Å²) in [5.74, 6) is 0.0276. The van der Waals surface area contributed by atoms with Gasteiger partial charge in [0.15, 0.2) is 0 Å². The van der Waals surface area contributed by atoms with E-state index < -0.39 is 0 Å². The summed E-state index contributed by atoms with van der Waals surface area (Å²) in [4.78, 5) is 45.2. The van der Waals surface area contributed by atoms with Crippen LogP contribution in [0.3, 0.4) is 0 Å². The van der Waals surface area contributed by atoms with Crippen LogP contribution in [0.5, 0.6) is 0 Å². The molecule has 2 bridgehead atoms. The van der Waals surface area contributed by atoms with E-state index in [4.69, 9.17) is 0 Å². The molecule has 3 heterocycles. The number of pyridine rings is 1. The second-order valence-electron chi connectivity index (χ2n) is 11.7. The van der Waals surface area contributed by atoms with Crippen molar-refractivity contribution in [3.8, 4) is 0 Å². The molecule has 0 saturated carbocycles. The lowest BCUT2D eigenvalue weighted by molar-refractivity contribution is 0.101. The molecule has 2 N–H and O–H groups in total. The standard InChI is InChI=1S/C36H39N5O3S/c1-4-39(5-2)28-16-13-25(14-17-28)35(43)38-30-20-26(36(44)37-29-9-6-7-11-33(29)45-3)15-18-32(30)40-21-24-19-27(23-40)31-10-8-12-34(42)41(31)22-24/h6-18,20,24,27H,4-5,19,21-23H2,1-3H3,(H,37,44)(H,38,43)/t24-,27+/m1/s1. The second kappa shape index (κ2) is 13.2. The van der Waals surface area contributed by atoms with Gasteiger partial charge in [0.1, 0.15) is 0 Å². The minimum Gasteiger partial charge on any atom is -0.372 e. The Labute approximate surface area is 268 Å². The number of benzene rings is 3. The predicted molar refractivity (Wildman–Crippen MR) is 184 cm³/mol. The van der Waals surface area contributed by atoms with Crippen molar-refractivity contribution in [3.05, 3.63) is 112 Å². The van der Waals surface area contributed by atoms with Crippen molar-refractivity contribution in [2.24, 2.45) is 5.92 Å². The number of carbonyl (C=O) groups excluding carboxylic acids is 2. The first kappa shape index (κ1) is 30.5. The first-order valence-electron chi connectivity index (χ1n) is 15.6. The largest absolute Gasteiger partial charge is 0.372 e. The molecule has 1 aromatic heterocycles. The van der Waals surface area contributed by atoms with Crippen LogP contribution in [-0.4, -0.2) is 48.8 Å². The number of anilines is 4. The number of hydrogen-bond acceptors (Lipinski definition) is 6. The van der Waals surface area contributed by atoms with Crippen LogP contribution in [0.2, 0.25) is 0 Å². The molecule has 1 saturated heterocycles. The number of carbonyl (C=O) groups is 2. The lowest BCUT2D eigenvalue weighted by Crippen LogP contribution is -2.47. The molecule has 0 radical (unpaired) electrons. The van der Waals surface area contributed by atoms with Gasteiger partial charge in [0, 0.05) is 72.1 Å². The van der Waals surface area contributed by atoms with Gasteiger partial charge < -0.3 is 25.0 Å². The van der Waals surface area contributed by atoms with Gasteiger partial charge in [0.25, 0.3) is 17.4 Å². The molecule has 2 aliphatic rings. The monoisotopic (exact) mass is 621 g/mol. The molecule has 232 valence electrons. The lowest BCUT2D eigenvalue weighted by atomic mass is 9.83. The summed E-state index contributed by atoms with van der Waals surface area (Å²) in [6.07, 6.45) is 3.00. The van der Waals surface area contributed by atoms with Crippen LogP contribution >= 0.6 is 11.8 Å². The number of hydrogen-bond donors (Lipinski definition) is 2. The van der Waals surface area contributed by atoms with E-state index in [2.05, 4.69) is 40.3 Å². The number of fused-ring (bicyclic) bond motifs is 4. The molecular weight excluding hydrogens is 582 g/mol. The van der Waals surface area contributed by atoms with E-state index in [0.717, 1.165) is 53.7 Å². The molecule has 2 amide bonds. The molecule has 0 unspecified atom stereocenters. The van der Waals surface area contributed by atoms with Crippen molar-refractivity contribution in [2.45, 2.75) is 37.6 Å². The quantitative estimate of drug-likeness (QED) is 0.206. The van der Waals surface area contributed by atoms with Crippen LogP contribution in [0.4, 0.5) is 22.7 Å². The average Bonchev–Trinajstić information content (AvgIpc) is 3.06. The van der Waals surface area contributed by atoms with Crippen LogP contribution in [0, 0.1) is 5.92 Å². The highest BCUT2D eigenvalue weighted by Crippen LogP contribution is 2.39. The van der Waals surface area contributed by atoms with Crippen LogP contribution in [-0.2, 0) is 6.54 Å². The van der Waals surface area contributed by atoms with E-state index in [-0.39, 0.29) is 23.3 Å². The average molecular weight is 622 g/mol. The Hall–Kier alpha value is -4.50. The topological polar surface area (TPSA) is 86.7 Å². The van der Waals surface area contributed by atoms with Crippen molar-refractivity contribution < 1.29 is 9.59 Å². The highest BCUT2D eigenvalue weighted by Gasteiger charge is 2.35. The van der Waals surface area contributed by atoms with Gasteiger partial charge in [-0.2, -0.15) is 0 Å². The number of piperidine rings is 1. The third-order valence-electron chi connectivity index (χ3n) is 8.94. The van der Waals surface area contributed by atoms with Crippen LogP contribution in [0.25, 0.3) is 0 Å². The van der Waals surface area contributed by atoms with Crippen molar-refractivity contribution in [1.82, 2.24) is 4.57 Å². The van der Waals surface area contributed by atoms with E-state index in [1.54, 1.807) is 23.9 Å². The number of para-hydroxylation sites is 1. The number of thioether (sulfide) groups is 1. The van der Waals surface area contributed by atoms with Crippen molar-refractivity contribution in [1.29, 1.82) is 0 Å². The van der Waals surface area contributed by atoms with Gasteiger partial charge in [-0.3, -0.25) is 14.4 Å². The van der Waals surface area contributed by atoms with E-state index in [0.29, 0.717) is 35.8 Å². The SMILES string of the molecule is CCN(CC)c1ccc(C(=O)Nc2cc(C(=O)Nc3ccccc3SC)ccc2N2C[C@H]3C[C@@H](C2)c2cccc(=O)n2C3)cc1. The molecule has 3 aromatic carbocycles. The maximum Gasteiger partial charge on any atom is 0.255 e. The van der Waals surface area contributed by atoms with Gasteiger partial charge in [-0.05, 0) is 93.1 Å². The number of aromatic nitrogens is 1. The molecule has 0 aliphatic carbocycles. The van der Waals surface area contributed by atoms with Crippen molar-refractivity contribution >= 4 is 46.3 Å². The summed E-state index contributed by atoms with van der Waals surface area (Å²) in [6, 6.07) is 26.4. The molecule has 8 nitrogen and oxygen atoms in total. The number of nitrogens with one attached hydrogen (secondary N) is 2. The lowest BCUT2D eigenvalue weighted by Gasteiger charge is -2.44. The number of rotatable bonds is 9. The molecule has 1 fully saturated rings. The van der Waals surface area contributed by atoms with E-state index >= 15 is 0 Å². The summed E-state index contributed by atoms with van der Waals surface area (Å²) in [6.45, 7) is 8.15. The number of nitrogens with zero attached hydrogens (tertiary/aromatic N) is 3. The zero-order valence-corrected chi connectivity index (χ0v) is 26.8. The van der Waals surface area contributed by atoms with Gasteiger partial charge >= 0.3 is 0 Å². The summed E-state index contributed by atoms with van der Waals surface area (Å²) in [7, 11) is 0.